The molecule has 0 bridgehead atoms. The van der Waals surface area contributed by atoms with Crippen molar-refractivity contribution in [3.05, 3.63) is 82.5 Å². The van der Waals surface area contributed by atoms with Crippen LogP contribution < -0.4 is 0 Å². The largest absolute Gasteiger partial charge is 0.307 e. The minimum atomic E-state index is -0.265. The Hall–Kier alpha value is -2.20. The molecule has 4 heteroatoms. The van der Waals surface area contributed by atoms with E-state index in [-0.39, 0.29) is 17.7 Å². The monoisotopic (exact) mass is 355 g/mol. The Morgan fingerprint density at radius 3 is 2.41 bits per heavy atom. The summed E-state index contributed by atoms with van der Waals surface area (Å²) in [6.45, 7) is 0. The number of ketones is 1. The summed E-state index contributed by atoms with van der Waals surface area (Å²) >= 11 is 3.40. The lowest BCUT2D eigenvalue weighted by Crippen LogP contribution is -2.34. The van der Waals surface area contributed by atoms with Crippen LogP contribution >= 0.6 is 15.9 Å². The van der Waals surface area contributed by atoms with Crippen LogP contribution in [0.3, 0.4) is 0 Å². The highest BCUT2D eigenvalue weighted by atomic mass is 79.9. The van der Waals surface area contributed by atoms with Crippen LogP contribution in [0.2, 0.25) is 0 Å². The Kier molecular flexibility index (Phi) is 4.20. The second-order valence-corrected chi connectivity index (χ2v) is 6.05. The molecule has 2 aromatic rings. The predicted octanol–water partition coefficient (Wildman–Crippen LogP) is 4.12. The molecule has 0 aliphatic carbocycles. The highest BCUT2D eigenvalue weighted by molar-refractivity contribution is 9.10. The lowest BCUT2D eigenvalue weighted by molar-refractivity contribution is -0.116. The topological polar surface area (TPSA) is 37.4 Å². The maximum absolute atomic E-state index is 12.7. The molecule has 1 aliphatic rings. The molecule has 1 heterocycles. The predicted molar refractivity (Wildman–Crippen MR) is 88.3 cm³/mol. The highest BCUT2D eigenvalue weighted by Gasteiger charge is 2.29. The first-order valence-corrected chi connectivity index (χ1v) is 7.78. The van der Waals surface area contributed by atoms with Gasteiger partial charge in [0.25, 0.3) is 5.91 Å². The number of allylic oxidation sites excluding steroid dienone is 1. The number of hydrogen-bond donors (Lipinski definition) is 0. The minimum Gasteiger partial charge on any atom is -0.307 e. The summed E-state index contributed by atoms with van der Waals surface area (Å²) in [5.74, 6) is -0.0673. The van der Waals surface area contributed by atoms with E-state index in [9.17, 15) is 9.59 Å². The van der Waals surface area contributed by atoms with E-state index in [4.69, 9.17) is 0 Å². The number of amides is 1. The number of halogens is 1. The van der Waals surface area contributed by atoms with Crippen LogP contribution in [0, 0.1) is 0 Å². The molecule has 3 nitrogen and oxygen atoms in total. The molecule has 0 N–H and O–H groups in total. The van der Waals surface area contributed by atoms with Gasteiger partial charge in [-0.2, -0.15) is 0 Å². The molecule has 22 heavy (non-hydrogen) atoms. The Morgan fingerprint density at radius 1 is 1.05 bits per heavy atom. The third kappa shape index (κ3) is 3.02. The Labute approximate surface area is 137 Å². The Morgan fingerprint density at radius 2 is 1.73 bits per heavy atom. The van der Waals surface area contributed by atoms with Crippen molar-refractivity contribution in [1.29, 1.82) is 0 Å². The molecule has 1 amide bonds. The van der Waals surface area contributed by atoms with Gasteiger partial charge in [0, 0.05) is 22.7 Å². The van der Waals surface area contributed by atoms with Crippen LogP contribution in [0.5, 0.6) is 0 Å². The van der Waals surface area contributed by atoms with Gasteiger partial charge in [0.2, 0.25) is 0 Å². The molecule has 0 spiro atoms. The van der Waals surface area contributed by atoms with Gasteiger partial charge in [-0.25, -0.2) is 0 Å². The van der Waals surface area contributed by atoms with E-state index in [2.05, 4.69) is 15.9 Å². The van der Waals surface area contributed by atoms with E-state index in [1.807, 2.05) is 42.5 Å². The van der Waals surface area contributed by atoms with Crippen molar-refractivity contribution in [3.63, 3.8) is 0 Å². The number of carbonyl (C=O) groups is 2. The van der Waals surface area contributed by atoms with Crippen LogP contribution in [0.15, 0.2) is 71.3 Å². The van der Waals surface area contributed by atoms with E-state index in [0.29, 0.717) is 12.0 Å². The van der Waals surface area contributed by atoms with Gasteiger partial charge in [0.15, 0.2) is 5.78 Å². The molecule has 0 saturated heterocycles. The fraction of sp³-hybridized carbons (Fsp3) is 0.111. The lowest BCUT2D eigenvalue weighted by Gasteiger charge is -2.31. The first-order chi connectivity index (χ1) is 10.6. The van der Waals surface area contributed by atoms with Gasteiger partial charge >= 0.3 is 0 Å². The van der Waals surface area contributed by atoms with E-state index in [1.54, 1.807) is 23.2 Å². The normalized spacial score (nSPS) is 17.6. The zero-order valence-electron chi connectivity index (χ0n) is 11.8. The van der Waals surface area contributed by atoms with Crippen molar-refractivity contribution in [3.8, 4) is 0 Å². The van der Waals surface area contributed by atoms with E-state index in [0.717, 1.165) is 10.0 Å². The second kappa shape index (κ2) is 6.28. The summed E-state index contributed by atoms with van der Waals surface area (Å²) in [5.41, 5.74) is 1.56. The maximum Gasteiger partial charge on any atom is 0.258 e. The van der Waals surface area contributed by atoms with Crippen LogP contribution in [-0.2, 0) is 4.79 Å². The Balaban J connectivity index is 1.96. The molecule has 2 aromatic carbocycles. The Bertz CT molecular complexity index is 723. The number of nitrogens with zero attached hydrogens (tertiary/aromatic N) is 1. The summed E-state index contributed by atoms with van der Waals surface area (Å²) < 4.78 is 0.967. The molecule has 0 fully saturated rings. The molecule has 3 rings (SSSR count). The molecular weight excluding hydrogens is 342 g/mol. The summed E-state index contributed by atoms with van der Waals surface area (Å²) in [5, 5.41) is 0. The quantitative estimate of drug-likeness (QED) is 0.812. The zero-order chi connectivity index (χ0) is 15.5. The van der Waals surface area contributed by atoms with Crippen LogP contribution in [0.25, 0.3) is 0 Å². The molecule has 0 aromatic heterocycles. The van der Waals surface area contributed by atoms with Crippen molar-refractivity contribution in [2.75, 3.05) is 0 Å². The SMILES string of the molecule is O=C1C=CN(C(=O)c2ccccc2)C(c2ccc(Br)cc2)C1. The summed E-state index contributed by atoms with van der Waals surface area (Å²) in [6, 6.07) is 16.6. The fourth-order valence-corrected chi connectivity index (χ4v) is 2.79. The molecular formula is C18H14BrNO2. The molecule has 0 saturated carbocycles. The van der Waals surface area contributed by atoms with E-state index >= 15 is 0 Å². The van der Waals surface area contributed by atoms with Gasteiger partial charge in [-0.05, 0) is 35.9 Å². The number of carbonyl (C=O) groups excluding carboxylic acids is 2. The standard InChI is InChI=1S/C18H14BrNO2/c19-15-8-6-13(7-9-15)17-12-16(21)10-11-20(17)18(22)14-4-2-1-3-5-14/h1-11,17H,12H2. The molecule has 1 atom stereocenters. The first-order valence-electron chi connectivity index (χ1n) is 6.99. The van der Waals surface area contributed by atoms with Crippen LogP contribution in [0.1, 0.15) is 28.4 Å². The second-order valence-electron chi connectivity index (χ2n) is 5.13. The number of benzene rings is 2. The summed E-state index contributed by atoms with van der Waals surface area (Å²) in [4.78, 5) is 26.1. The number of hydrogen-bond acceptors (Lipinski definition) is 2. The molecule has 0 radical (unpaired) electrons. The summed E-state index contributed by atoms with van der Waals surface area (Å²) in [7, 11) is 0. The van der Waals surface area contributed by atoms with Crippen molar-refractivity contribution in [1.82, 2.24) is 4.90 Å². The van der Waals surface area contributed by atoms with E-state index < -0.39 is 0 Å². The van der Waals surface area contributed by atoms with Crippen molar-refractivity contribution in [2.24, 2.45) is 0 Å². The third-order valence-electron chi connectivity index (χ3n) is 3.66. The smallest absolute Gasteiger partial charge is 0.258 e. The zero-order valence-corrected chi connectivity index (χ0v) is 13.4. The molecule has 110 valence electrons. The van der Waals surface area contributed by atoms with Gasteiger partial charge in [0.05, 0.1) is 6.04 Å². The number of rotatable bonds is 2. The van der Waals surface area contributed by atoms with Gasteiger partial charge in [-0.3, -0.25) is 9.59 Å². The molecule has 1 unspecified atom stereocenters. The third-order valence-corrected chi connectivity index (χ3v) is 4.19. The van der Waals surface area contributed by atoms with Gasteiger partial charge in [0.1, 0.15) is 0 Å². The van der Waals surface area contributed by atoms with Gasteiger partial charge in [-0.1, -0.05) is 46.3 Å². The van der Waals surface area contributed by atoms with Gasteiger partial charge in [-0.15, -0.1) is 0 Å². The van der Waals surface area contributed by atoms with Crippen molar-refractivity contribution < 1.29 is 9.59 Å². The lowest BCUT2D eigenvalue weighted by atomic mass is 9.96. The highest BCUT2D eigenvalue weighted by Crippen LogP contribution is 2.30. The van der Waals surface area contributed by atoms with Gasteiger partial charge < -0.3 is 4.90 Å². The van der Waals surface area contributed by atoms with Crippen molar-refractivity contribution >= 4 is 27.6 Å². The van der Waals surface area contributed by atoms with Crippen molar-refractivity contribution in [2.45, 2.75) is 12.5 Å². The average Bonchev–Trinajstić information content (AvgIpc) is 2.56. The van der Waals surface area contributed by atoms with Crippen LogP contribution in [-0.4, -0.2) is 16.6 Å². The summed E-state index contributed by atoms with van der Waals surface area (Å²) in [6.07, 6.45) is 3.36. The average molecular weight is 356 g/mol. The first kappa shape index (κ1) is 14.7. The maximum atomic E-state index is 12.7. The minimum absolute atomic E-state index is 0.0324. The van der Waals surface area contributed by atoms with Crippen LogP contribution in [0.4, 0.5) is 0 Å². The van der Waals surface area contributed by atoms with E-state index in [1.165, 1.54) is 6.08 Å². The molecule has 1 aliphatic heterocycles. The fourth-order valence-electron chi connectivity index (χ4n) is 2.53.